The number of hydrogen-bond donors (Lipinski definition) is 2. The van der Waals surface area contributed by atoms with Gasteiger partial charge in [0.05, 0.1) is 5.56 Å². The number of piperidine rings is 1. The number of amides is 1. The Hall–Kier alpha value is -1.62. The molecule has 0 aliphatic carbocycles. The van der Waals surface area contributed by atoms with Crippen LogP contribution in [-0.4, -0.2) is 43.1 Å². The van der Waals surface area contributed by atoms with E-state index in [1.54, 1.807) is 6.20 Å². The Morgan fingerprint density at radius 2 is 2.20 bits per heavy atom. The summed E-state index contributed by atoms with van der Waals surface area (Å²) in [5.41, 5.74) is 0.710. The maximum atomic E-state index is 12.5. The highest BCUT2D eigenvalue weighted by atomic mass is 16.1. The Balaban J connectivity index is 1.75. The minimum absolute atomic E-state index is 0.00683. The molecule has 5 heteroatoms. The van der Waals surface area contributed by atoms with E-state index in [1.807, 2.05) is 12.1 Å². The first kappa shape index (κ1) is 13.4. The largest absolute Gasteiger partial charge is 0.356 e. The number of nitrogens with one attached hydrogen (secondary N) is 2. The minimum atomic E-state index is 0.00683. The second kappa shape index (κ2) is 6.22. The lowest BCUT2D eigenvalue weighted by Gasteiger charge is -2.29. The predicted octanol–water partition coefficient (Wildman–Crippen LogP) is 1.16. The summed E-state index contributed by atoms with van der Waals surface area (Å²) in [4.78, 5) is 19.1. The van der Waals surface area contributed by atoms with E-state index < -0.39 is 0 Å². The summed E-state index contributed by atoms with van der Waals surface area (Å²) >= 11 is 0. The standard InChI is InChI=1S/C15H22N4O/c20-15(18-12-6-8-16-11-12)13-5-4-7-17-14(13)19-9-2-1-3-10-19/h4-5,7,12,16H,1-3,6,8-11H2,(H,18,20). The summed E-state index contributed by atoms with van der Waals surface area (Å²) in [6, 6.07) is 3.97. The summed E-state index contributed by atoms with van der Waals surface area (Å²) in [6.07, 6.45) is 6.43. The van der Waals surface area contributed by atoms with E-state index in [0.29, 0.717) is 5.56 Å². The number of nitrogens with zero attached hydrogens (tertiary/aromatic N) is 2. The molecule has 2 aliphatic heterocycles. The zero-order chi connectivity index (χ0) is 13.8. The van der Waals surface area contributed by atoms with E-state index in [9.17, 15) is 4.79 Å². The molecule has 108 valence electrons. The van der Waals surface area contributed by atoms with Gasteiger partial charge in [0, 0.05) is 31.9 Å². The number of pyridine rings is 1. The molecule has 3 heterocycles. The van der Waals surface area contributed by atoms with Gasteiger partial charge in [-0.05, 0) is 44.4 Å². The van der Waals surface area contributed by atoms with Crippen LogP contribution in [0, 0.1) is 0 Å². The molecule has 3 rings (SSSR count). The lowest BCUT2D eigenvalue weighted by atomic mass is 10.1. The third kappa shape index (κ3) is 2.93. The molecule has 1 amide bonds. The summed E-state index contributed by atoms with van der Waals surface area (Å²) in [5.74, 6) is 0.850. The smallest absolute Gasteiger partial charge is 0.255 e. The molecular formula is C15H22N4O. The molecule has 20 heavy (non-hydrogen) atoms. The number of anilines is 1. The lowest BCUT2D eigenvalue weighted by molar-refractivity contribution is 0.0940. The van der Waals surface area contributed by atoms with Gasteiger partial charge >= 0.3 is 0 Å². The van der Waals surface area contributed by atoms with Crippen molar-refractivity contribution in [2.45, 2.75) is 31.7 Å². The number of aromatic nitrogens is 1. The van der Waals surface area contributed by atoms with Crippen LogP contribution in [-0.2, 0) is 0 Å². The van der Waals surface area contributed by atoms with Crippen LogP contribution in [0.2, 0.25) is 0 Å². The molecule has 1 atom stereocenters. The molecule has 2 aliphatic rings. The van der Waals surface area contributed by atoms with Crippen molar-refractivity contribution in [3.63, 3.8) is 0 Å². The molecule has 0 radical (unpaired) electrons. The molecule has 1 aromatic rings. The van der Waals surface area contributed by atoms with Crippen molar-refractivity contribution in [2.75, 3.05) is 31.1 Å². The highest BCUT2D eigenvalue weighted by Gasteiger charge is 2.22. The van der Waals surface area contributed by atoms with E-state index in [2.05, 4.69) is 20.5 Å². The fraction of sp³-hybridized carbons (Fsp3) is 0.600. The second-order valence-corrected chi connectivity index (χ2v) is 5.59. The molecule has 5 nitrogen and oxygen atoms in total. The van der Waals surface area contributed by atoms with Gasteiger partial charge in [0.1, 0.15) is 5.82 Å². The normalized spacial score (nSPS) is 22.8. The van der Waals surface area contributed by atoms with Crippen LogP contribution in [0.15, 0.2) is 18.3 Å². The van der Waals surface area contributed by atoms with Crippen molar-refractivity contribution >= 4 is 11.7 Å². The highest BCUT2D eigenvalue weighted by molar-refractivity contribution is 5.99. The summed E-state index contributed by atoms with van der Waals surface area (Å²) in [6.45, 7) is 3.85. The second-order valence-electron chi connectivity index (χ2n) is 5.59. The van der Waals surface area contributed by atoms with Crippen molar-refractivity contribution < 1.29 is 4.79 Å². The first-order valence-corrected chi connectivity index (χ1v) is 7.56. The van der Waals surface area contributed by atoms with Crippen molar-refractivity contribution in [3.05, 3.63) is 23.9 Å². The Morgan fingerprint density at radius 1 is 1.35 bits per heavy atom. The number of rotatable bonds is 3. The Labute approximate surface area is 119 Å². The third-order valence-corrected chi connectivity index (χ3v) is 4.08. The average molecular weight is 274 g/mol. The van der Waals surface area contributed by atoms with Gasteiger partial charge in [-0.3, -0.25) is 4.79 Å². The van der Waals surface area contributed by atoms with E-state index in [1.165, 1.54) is 19.3 Å². The molecular weight excluding hydrogens is 252 g/mol. The van der Waals surface area contributed by atoms with Crippen LogP contribution in [0.4, 0.5) is 5.82 Å². The summed E-state index contributed by atoms with van der Waals surface area (Å²) in [7, 11) is 0. The average Bonchev–Trinajstić information content (AvgIpc) is 3.01. The molecule has 0 spiro atoms. The third-order valence-electron chi connectivity index (χ3n) is 4.08. The molecule has 2 N–H and O–H groups in total. The number of carbonyl (C=O) groups excluding carboxylic acids is 1. The zero-order valence-corrected chi connectivity index (χ0v) is 11.8. The number of hydrogen-bond acceptors (Lipinski definition) is 4. The Kier molecular flexibility index (Phi) is 4.16. The first-order chi connectivity index (χ1) is 9.84. The van der Waals surface area contributed by atoms with Gasteiger partial charge in [-0.1, -0.05) is 0 Å². The van der Waals surface area contributed by atoms with E-state index >= 15 is 0 Å². The zero-order valence-electron chi connectivity index (χ0n) is 11.8. The maximum Gasteiger partial charge on any atom is 0.255 e. The van der Waals surface area contributed by atoms with Crippen molar-refractivity contribution in [3.8, 4) is 0 Å². The van der Waals surface area contributed by atoms with E-state index in [-0.39, 0.29) is 11.9 Å². The molecule has 2 saturated heterocycles. The Morgan fingerprint density at radius 3 is 2.95 bits per heavy atom. The van der Waals surface area contributed by atoms with Crippen molar-refractivity contribution in [1.29, 1.82) is 0 Å². The SMILES string of the molecule is O=C(NC1CCNC1)c1cccnc1N1CCCCC1. The molecule has 0 bridgehead atoms. The minimum Gasteiger partial charge on any atom is -0.356 e. The quantitative estimate of drug-likeness (QED) is 0.868. The molecule has 0 aromatic carbocycles. The summed E-state index contributed by atoms with van der Waals surface area (Å²) < 4.78 is 0. The van der Waals surface area contributed by atoms with Crippen LogP contribution in [0.1, 0.15) is 36.0 Å². The van der Waals surface area contributed by atoms with Crippen molar-refractivity contribution in [2.24, 2.45) is 0 Å². The molecule has 1 aromatic heterocycles. The van der Waals surface area contributed by atoms with E-state index in [0.717, 1.165) is 38.4 Å². The van der Waals surface area contributed by atoms with E-state index in [4.69, 9.17) is 0 Å². The van der Waals surface area contributed by atoms with Crippen molar-refractivity contribution in [1.82, 2.24) is 15.6 Å². The topological polar surface area (TPSA) is 57.3 Å². The van der Waals surface area contributed by atoms with Crippen LogP contribution < -0.4 is 15.5 Å². The fourth-order valence-electron chi connectivity index (χ4n) is 2.97. The van der Waals surface area contributed by atoms with Crippen LogP contribution in [0.5, 0.6) is 0 Å². The number of carbonyl (C=O) groups is 1. The van der Waals surface area contributed by atoms with Crippen LogP contribution >= 0.6 is 0 Å². The molecule has 2 fully saturated rings. The van der Waals surface area contributed by atoms with Gasteiger partial charge < -0.3 is 15.5 Å². The highest BCUT2D eigenvalue weighted by Crippen LogP contribution is 2.21. The van der Waals surface area contributed by atoms with Gasteiger partial charge in [-0.25, -0.2) is 4.98 Å². The summed E-state index contributed by atoms with van der Waals surface area (Å²) in [5, 5.41) is 6.37. The maximum absolute atomic E-state index is 12.5. The Bertz CT molecular complexity index is 465. The van der Waals surface area contributed by atoms with Crippen LogP contribution in [0.3, 0.4) is 0 Å². The lowest BCUT2D eigenvalue weighted by Crippen LogP contribution is -2.38. The van der Waals surface area contributed by atoms with Gasteiger partial charge in [-0.15, -0.1) is 0 Å². The molecule has 1 unspecified atom stereocenters. The van der Waals surface area contributed by atoms with Gasteiger partial charge in [0.25, 0.3) is 5.91 Å². The molecule has 0 saturated carbocycles. The predicted molar refractivity (Wildman–Crippen MR) is 79.0 cm³/mol. The van der Waals surface area contributed by atoms with Gasteiger partial charge in [0.2, 0.25) is 0 Å². The fourth-order valence-corrected chi connectivity index (χ4v) is 2.97. The van der Waals surface area contributed by atoms with Crippen LogP contribution in [0.25, 0.3) is 0 Å². The van der Waals surface area contributed by atoms with Gasteiger partial charge in [0.15, 0.2) is 0 Å². The first-order valence-electron chi connectivity index (χ1n) is 7.56. The van der Waals surface area contributed by atoms with Gasteiger partial charge in [-0.2, -0.15) is 0 Å². The monoisotopic (exact) mass is 274 g/mol.